The van der Waals surface area contributed by atoms with Gasteiger partial charge in [-0.2, -0.15) is 0 Å². The summed E-state index contributed by atoms with van der Waals surface area (Å²) in [6.07, 6.45) is -0.0628. The molecule has 62 heavy (non-hydrogen) atoms. The number of carbonyl (C=O) groups excluding carboxylic acids is 6. The van der Waals surface area contributed by atoms with Gasteiger partial charge in [-0.1, -0.05) is 51.6 Å². The summed E-state index contributed by atoms with van der Waals surface area (Å²) in [4.78, 5) is 98.5. The van der Waals surface area contributed by atoms with E-state index in [1.807, 2.05) is 19.9 Å². The summed E-state index contributed by atoms with van der Waals surface area (Å²) in [6.45, 7) is 4.66. The fraction of sp³-hybridized carbons (Fsp3) is 0.439. The van der Waals surface area contributed by atoms with Crippen LogP contribution in [0.25, 0.3) is 11.0 Å². The van der Waals surface area contributed by atoms with Gasteiger partial charge in [-0.15, -0.1) is 0 Å². The van der Waals surface area contributed by atoms with E-state index < -0.39 is 72.5 Å². The number of amides is 6. The monoisotopic (exact) mass is 864 g/mol. The molecule has 3 rings (SSSR count). The fourth-order valence-electron chi connectivity index (χ4n) is 5.84. The third-order valence-corrected chi connectivity index (χ3v) is 8.79. The van der Waals surface area contributed by atoms with Crippen molar-refractivity contribution < 1.29 is 37.9 Å². The van der Waals surface area contributed by atoms with Gasteiger partial charge in [-0.25, -0.2) is 9.59 Å². The molecule has 0 fully saturated rings. The number of anilines is 1. The molecule has 0 bridgehead atoms. The number of carbonyl (C=O) groups is 6. The maximum atomic E-state index is 13.8. The molecule has 0 aliphatic carbocycles. The van der Waals surface area contributed by atoms with Crippen LogP contribution >= 0.6 is 0 Å². The molecule has 338 valence electrons. The van der Waals surface area contributed by atoms with Crippen LogP contribution < -0.4 is 60.5 Å². The minimum absolute atomic E-state index is 0. The van der Waals surface area contributed by atoms with Crippen molar-refractivity contribution in [2.24, 2.45) is 38.8 Å². The molecule has 21 heteroatoms. The molecule has 0 aliphatic heterocycles. The summed E-state index contributed by atoms with van der Waals surface area (Å²) in [5, 5.41) is 16.1. The summed E-state index contributed by atoms with van der Waals surface area (Å²) in [6, 6.07) is 11.5. The number of rotatable bonds is 23. The van der Waals surface area contributed by atoms with Crippen molar-refractivity contribution in [3.63, 3.8) is 0 Å². The number of nitrogens with two attached hydrogens (primary N) is 4. The summed E-state index contributed by atoms with van der Waals surface area (Å²) in [5.41, 5.74) is 23.2. The quantitative estimate of drug-likeness (QED) is 0.0266. The van der Waals surface area contributed by atoms with Crippen LogP contribution in [0.15, 0.2) is 73.8 Å². The molecule has 3 aromatic rings. The summed E-state index contributed by atoms with van der Waals surface area (Å²) in [5.74, 6) is -3.86. The highest BCUT2D eigenvalue weighted by atomic mass is 16.5. The smallest absolute Gasteiger partial charge is 0.408 e. The van der Waals surface area contributed by atoms with Crippen molar-refractivity contribution in [3.8, 4) is 0 Å². The van der Waals surface area contributed by atoms with Gasteiger partial charge in [-0.3, -0.25) is 34.0 Å². The third kappa shape index (κ3) is 18.8. The first kappa shape index (κ1) is 51.0. The highest BCUT2D eigenvalue weighted by Gasteiger charge is 2.30. The molecule has 0 spiro atoms. The van der Waals surface area contributed by atoms with Gasteiger partial charge in [0.25, 0.3) is 0 Å². The number of aliphatic imine (C=N–C) groups is 2. The molecule has 21 nitrogen and oxygen atoms in total. The second-order valence-electron chi connectivity index (χ2n) is 14.4. The van der Waals surface area contributed by atoms with Crippen molar-refractivity contribution in [1.82, 2.24) is 26.6 Å². The number of hydrogen-bond donors (Lipinski definition) is 10. The van der Waals surface area contributed by atoms with Crippen LogP contribution in [0.1, 0.15) is 64.5 Å². The van der Waals surface area contributed by atoms with Crippen LogP contribution in [0.3, 0.4) is 0 Å². The van der Waals surface area contributed by atoms with Crippen molar-refractivity contribution in [2.75, 3.05) is 31.5 Å². The van der Waals surface area contributed by atoms with Crippen molar-refractivity contribution in [3.05, 3.63) is 76.1 Å². The average molecular weight is 865 g/mol. The average Bonchev–Trinajstić information content (AvgIpc) is 3.20. The number of alkyl carbamates (subject to hydrolysis) is 1. The minimum Gasteiger partial charge on any atom is -0.445 e. The van der Waals surface area contributed by atoms with Gasteiger partial charge in [0.15, 0.2) is 11.9 Å². The standard InChI is InChI=1S/C40H56N12O9.CH4/c1-23(2)17-30(51-36(57)29(12-8-16-46-39(43)44)52-40(59)60-22-25-9-5-4-6-10-25)37(58)50-28(11-7-15-45-38(41)42)35(56)48-20-32(53)47-21-33(54)49-26-13-14-27-24(3)18-34(55)61-31(27)19-26;/h4-6,9-10,13-14,18-19,23,28-30H,7-8,11-12,15-17,20-22H2,1-3H3,(H,47,53)(H,48,56)(H,49,54)(H,50,58)(H,51,57)(H,52,59)(H4,41,42,45)(H4,43,44,46);1H4. The molecule has 0 radical (unpaired) electrons. The molecule has 14 N–H and O–H groups in total. The highest BCUT2D eigenvalue weighted by molar-refractivity contribution is 5.98. The Balaban J connectivity index is 0.0000132. The Hall–Kier alpha value is -7.19. The van der Waals surface area contributed by atoms with Gasteiger partial charge in [0.05, 0.1) is 13.1 Å². The number of nitrogens with zero attached hydrogens (tertiary/aromatic N) is 2. The maximum Gasteiger partial charge on any atom is 0.408 e. The van der Waals surface area contributed by atoms with Crippen molar-refractivity contribution >= 4 is 64.2 Å². The molecule has 1 heterocycles. The van der Waals surface area contributed by atoms with E-state index in [4.69, 9.17) is 32.1 Å². The van der Waals surface area contributed by atoms with E-state index in [9.17, 15) is 33.6 Å². The number of ether oxygens (including phenoxy) is 1. The predicted molar refractivity (Wildman–Crippen MR) is 235 cm³/mol. The van der Waals surface area contributed by atoms with Gasteiger partial charge < -0.3 is 64.0 Å². The second kappa shape index (κ2) is 26.1. The Labute approximate surface area is 359 Å². The Morgan fingerprint density at radius 1 is 0.726 bits per heavy atom. The normalized spacial score (nSPS) is 12.0. The topological polar surface area (TPSA) is 343 Å². The molecular weight excluding hydrogens is 805 g/mol. The zero-order valence-electron chi connectivity index (χ0n) is 34.5. The number of hydrogen-bond acceptors (Lipinski definition) is 11. The van der Waals surface area contributed by atoms with Crippen molar-refractivity contribution in [2.45, 2.75) is 85.0 Å². The van der Waals surface area contributed by atoms with Crippen LogP contribution in [-0.2, 0) is 35.3 Å². The van der Waals surface area contributed by atoms with Crippen LogP contribution in [0.4, 0.5) is 10.5 Å². The van der Waals surface area contributed by atoms with Crippen LogP contribution in [-0.4, -0.2) is 91.9 Å². The van der Waals surface area contributed by atoms with Gasteiger partial charge in [0.2, 0.25) is 29.5 Å². The Bertz CT molecular complexity index is 2100. The lowest BCUT2D eigenvalue weighted by Crippen LogP contribution is -2.57. The lowest BCUT2D eigenvalue weighted by molar-refractivity contribution is -0.133. The molecule has 1 aromatic heterocycles. The lowest BCUT2D eigenvalue weighted by Gasteiger charge is -2.26. The zero-order valence-corrected chi connectivity index (χ0v) is 34.5. The molecule has 2 aromatic carbocycles. The predicted octanol–water partition coefficient (Wildman–Crippen LogP) is 0.326. The number of aryl methyl sites for hydroxylation is 1. The number of benzene rings is 2. The summed E-state index contributed by atoms with van der Waals surface area (Å²) < 4.78 is 10.5. The third-order valence-electron chi connectivity index (χ3n) is 8.79. The summed E-state index contributed by atoms with van der Waals surface area (Å²) >= 11 is 0. The van der Waals surface area contributed by atoms with Crippen LogP contribution in [0.2, 0.25) is 0 Å². The largest absolute Gasteiger partial charge is 0.445 e. The fourth-order valence-corrected chi connectivity index (χ4v) is 5.84. The molecular formula is C41H60N12O9. The van der Waals surface area contributed by atoms with E-state index in [1.165, 1.54) is 12.1 Å². The number of nitrogens with one attached hydrogen (secondary N) is 6. The van der Waals surface area contributed by atoms with E-state index >= 15 is 0 Å². The van der Waals surface area contributed by atoms with Gasteiger partial charge in [-0.05, 0) is 68.2 Å². The van der Waals surface area contributed by atoms with Gasteiger partial charge in [0.1, 0.15) is 30.3 Å². The first-order valence-corrected chi connectivity index (χ1v) is 19.6. The molecule has 0 aliphatic rings. The molecule has 3 atom stereocenters. The van der Waals surface area contributed by atoms with Gasteiger partial charge >= 0.3 is 11.7 Å². The molecule has 3 unspecified atom stereocenters. The minimum atomic E-state index is -1.21. The van der Waals surface area contributed by atoms with E-state index in [2.05, 4.69) is 41.9 Å². The Kier molecular flexibility index (Phi) is 21.5. The maximum absolute atomic E-state index is 13.8. The van der Waals surface area contributed by atoms with Crippen LogP contribution in [0, 0.1) is 12.8 Å². The Morgan fingerprint density at radius 3 is 1.92 bits per heavy atom. The van der Waals surface area contributed by atoms with Crippen molar-refractivity contribution in [1.29, 1.82) is 0 Å². The van der Waals surface area contributed by atoms with Gasteiger partial charge in [0, 0.05) is 36.3 Å². The first-order chi connectivity index (χ1) is 29.0. The van der Waals surface area contributed by atoms with Crippen LogP contribution in [0.5, 0.6) is 0 Å². The second-order valence-corrected chi connectivity index (χ2v) is 14.4. The molecule has 0 saturated carbocycles. The highest BCUT2D eigenvalue weighted by Crippen LogP contribution is 2.20. The van der Waals surface area contributed by atoms with E-state index in [0.717, 1.165) is 5.56 Å². The number of guanidine groups is 2. The molecule has 0 saturated heterocycles. The van der Waals surface area contributed by atoms with E-state index in [0.29, 0.717) is 16.6 Å². The van der Waals surface area contributed by atoms with E-state index in [1.54, 1.807) is 43.3 Å². The summed E-state index contributed by atoms with van der Waals surface area (Å²) in [7, 11) is 0. The first-order valence-electron chi connectivity index (χ1n) is 19.6. The van der Waals surface area contributed by atoms with E-state index in [-0.39, 0.29) is 82.6 Å². The SMILES string of the molecule is C.Cc1cc(=O)oc2cc(NC(=O)CNC(=O)CNC(=O)C(CCCN=C(N)N)NC(=O)C(CC(C)C)NC(=O)C(CCCN=C(N)N)NC(=O)OCc3ccccc3)ccc12. The molecule has 6 amide bonds. The zero-order chi connectivity index (χ0) is 44.9. The Morgan fingerprint density at radius 2 is 1.31 bits per heavy atom. The lowest BCUT2D eigenvalue weighted by atomic mass is 10.0. The number of fused-ring (bicyclic) bond motifs is 1.